The van der Waals surface area contributed by atoms with Crippen LogP contribution >= 0.6 is 11.6 Å². The fraction of sp³-hybridized carbons (Fsp3) is 0.556. The van der Waals surface area contributed by atoms with Gasteiger partial charge < -0.3 is 31.2 Å². The normalized spacial score (nSPS) is 21.3. The van der Waals surface area contributed by atoms with Crippen LogP contribution in [0, 0.1) is 0 Å². The van der Waals surface area contributed by atoms with Crippen LogP contribution in [-0.4, -0.2) is 71.5 Å². The third kappa shape index (κ3) is 9.18. The molecule has 2 aromatic rings. The number of rotatable bonds is 1. The predicted molar refractivity (Wildman–Crippen MR) is 114 cm³/mol. The Morgan fingerprint density at radius 2 is 1.72 bits per heavy atom. The highest BCUT2D eigenvalue weighted by molar-refractivity contribution is 6.28. The fourth-order valence-electron chi connectivity index (χ4n) is 2.56. The largest absolute Gasteiger partial charge is 0.384 e. The smallest absolute Gasteiger partial charge is 0.227 e. The van der Waals surface area contributed by atoms with Crippen LogP contribution in [0.4, 0.5) is 17.6 Å². The van der Waals surface area contributed by atoms with Crippen LogP contribution in [0.5, 0.6) is 0 Å². The van der Waals surface area contributed by atoms with Gasteiger partial charge in [-0.1, -0.05) is 0 Å². The predicted octanol–water partition coefficient (Wildman–Crippen LogP) is 0.991. The molecule has 0 spiro atoms. The van der Waals surface area contributed by atoms with Gasteiger partial charge in [0.15, 0.2) is 0 Å². The highest BCUT2D eigenvalue weighted by atomic mass is 35.5. The summed E-state index contributed by atoms with van der Waals surface area (Å²) in [6, 6.07) is 3.26. The summed E-state index contributed by atoms with van der Waals surface area (Å²) in [5.74, 6) is 1.60. The summed E-state index contributed by atoms with van der Waals surface area (Å²) in [4.78, 5) is 17.7. The summed E-state index contributed by atoms with van der Waals surface area (Å²) in [6.45, 7) is 9.40. The van der Waals surface area contributed by atoms with Crippen molar-refractivity contribution in [2.75, 3.05) is 55.8 Å². The lowest BCUT2D eigenvalue weighted by Crippen LogP contribution is -2.42. The summed E-state index contributed by atoms with van der Waals surface area (Å²) in [6.07, 6.45) is 3.84. The molecular weight excluding hydrogens is 396 g/mol. The number of nitrogens with two attached hydrogens (primary N) is 2. The first-order valence-corrected chi connectivity index (χ1v) is 9.83. The molecule has 2 aliphatic rings. The van der Waals surface area contributed by atoms with Crippen molar-refractivity contribution in [3.63, 3.8) is 0 Å². The molecule has 2 fully saturated rings. The molecule has 0 aromatic carbocycles. The maximum atomic E-state index is 5.59. The van der Waals surface area contributed by atoms with Crippen LogP contribution in [0.1, 0.15) is 13.8 Å². The molecule has 5 N–H and O–H groups in total. The number of hydrogen-bond donors (Lipinski definition) is 3. The second kappa shape index (κ2) is 12.3. The zero-order valence-electron chi connectivity index (χ0n) is 16.8. The number of ether oxygens (including phenoxy) is 2. The maximum Gasteiger partial charge on any atom is 0.227 e. The van der Waals surface area contributed by atoms with Gasteiger partial charge in [-0.2, -0.15) is 4.98 Å². The molecule has 29 heavy (non-hydrogen) atoms. The van der Waals surface area contributed by atoms with Crippen LogP contribution in [-0.2, 0) is 9.47 Å². The van der Waals surface area contributed by atoms with Gasteiger partial charge in [0, 0.05) is 38.6 Å². The topological polar surface area (TPSA) is 137 Å². The average Bonchev–Trinajstić information content (AvgIpc) is 2.69. The zero-order valence-corrected chi connectivity index (χ0v) is 17.5. The molecule has 0 radical (unpaired) electrons. The van der Waals surface area contributed by atoms with Crippen molar-refractivity contribution in [3.8, 4) is 0 Å². The number of aromatic nitrogens is 4. The van der Waals surface area contributed by atoms with Crippen molar-refractivity contribution >= 4 is 29.2 Å². The van der Waals surface area contributed by atoms with E-state index >= 15 is 0 Å². The SMILES string of the molecule is C[C@@H]1CN(c2nccc(N)n2)CCO1.C[C@@H]1CNCCO1.Nc1ccnc(Cl)n1. The highest BCUT2D eigenvalue weighted by Crippen LogP contribution is 2.13. The Morgan fingerprint density at radius 1 is 1.03 bits per heavy atom. The van der Waals surface area contributed by atoms with Gasteiger partial charge in [-0.3, -0.25) is 0 Å². The molecule has 4 heterocycles. The van der Waals surface area contributed by atoms with Crippen LogP contribution < -0.4 is 21.7 Å². The number of nitrogens with one attached hydrogen (secondary N) is 1. The van der Waals surface area contributed by atoms with Gasteiger partial charge in [0.1, 0.15) is 11.6 Å². The Kier molecular flexibility index (Phi) is 9.78. The van der Waals surface area contributed by atoms with Crippen LogP contribution in [0.3, 0.4) is 0 Å². The molecule has 2 atom stereocenters. The molecule has 4 rings (SSSR count). The van der Waals surface area contributed by atoms with Crippen molar-refractivity contribution in [1.29, 1.82) is 0 Å². The number of morpholine rings is 2. The van der Waals surface area contributed by atoms with E-state index in [1.807, 2.05) is 6.92 Å². The summed E-state index contributed by atoms with van der Waals surface area (Å²) >= 11 is 5.34. The average molecular weight is 425 g/mol. The standard InChI is InChI=1S/C9H14N4O.C5H11NO.C4H4ClN3/c1-7-6-13(4-5-14-7)9-11-3-2-8(10)12-9;1-5-4-6-2-3-7-5;5-4-7-2-1-3(6)8-4/h2-3,7H,4-6H2,1H3,(H2,10,11,12);5-6H,2-4H2,1H3;1-2H,(H2,6,7,8)/t7-;5-;/m11./s1. The van der Waals surface area contributed by atoms with Gasteiger partial charge in [-0.15, -0.1) is 0 Å². The molecular formula is C18H29ClN8O2. The van der Waals surface area contributed by atoms with Crippen molar-refractivity contribution in [2.45, 2.75) is 26.1 Å². The van der Waals surface area contributed by atoms with E-state index in [0.717, 1.165) is 39.4 Å². The second-order valence-electron chi connectivity index (χ2n) is 6.54. The van der Waals surface area contributed by atoms with Crippen LogP contribution in [0.25, 0.3) is 0 Å². The van der Waals surface area contributed by atoms with E-state index < -0.39 is 0 Å². The summed E-state index contributed by atoms with van der Waals surface area (Å²) in [5, 5.41) is 3.39. The Balaban J connectivity index is 0.000000170. The number of anilines is 3. The molecule has 11 heteroatoms. The van der Waals surface area contributed by atoms with Crippen LogP contribution in [0.15, 0.2) is 24.5 Å². The molecule has 160 valence electrons. The monoisotopic (exact) mass is 424 g/mol. The Hall–Kier alpha value is -2.27. The molecule has 10 nitrogen and oxygen atoms in total. The first kappa shape index (κ1) is 23.0. The summed E-state index contributed by atoms with van der Waals surface area (Å²) < 4.78 is 10.6. The molecule has 0 bridgehead atoms. The van der Waals surface area contributed by atoms with E-state index in [4.69, 9.17) is 32.5 Å². The van der Waals surface area contributed by atoms with Crippen molar-refractivity contribution in [3.05, 3.63) is 29.8 Å². The Labute approximate surface area is 176 Å². The van der Waals surface area contributed by atoms with Gasteiger partial charge >= 0.3 is 0 Å². The summed E-state index contributed by atoms with van der Waals surface area (Å²) in [7, 11) is 0. The first-order chi connectivity index (χ1) is 13.9. The minimum Gasteiger partial charge on any atom is -0.384 e. The minimum absolute atomic E-state index is 0.185. The van der Waals surface area contributed by atoms with Crippen LogP contribution in [0.2, 0.25) is 5.28 Å². The van der Waals surface area contributed by atoms with Crippen molar-refractivity contribution in [1.82, 2.24) is 25.3 Å². The lowest BCUT2D eigenvalue weighted by atomic mass is 10.3. The molecule has 0 saturated carbocycles. The maximum absolute atomic E-state index is 5.59. The zero-order chi connectivity index (χ0) is 21.1. The minimum atomic E-state index is 0.185. The van der Waals surface area contributed by atoms with Gasteiger partial charge in [0.05, 0.1) is 25.4 Å². The molecule has 0 amide bonds. The van der Waals surface area contributed by atoms with Crippen molar-refractivity contribution < 1.29 is 9.47 Å². The Bertz CT molecular complexity index is 715. The quantitative estimate of drug-likeness (QED) is 0.568. The molecule has 2 saturated heterocycles. The molecule has 2 aromatic heterocycles. The third-order valence-corrected chi connectivity index (χ3v) is 4.13. The van der Waals surface area contributed by atoms with E-state index in [2.05, 4.69) is 37.1 Å². The first-order valence-electron chi connectivity index (χ1n) is 9.45. The van der Waals surface area contributed by atoms with Gasteiger partial charge in [-0.05, 0) is 37.6 Å². The molecule has 2 aliphatic heterocycles. The number of halogens is 1. The third-order valence-electron chi connectivity index (χ3n) is 3.95. The van der Waals surface area contributed by atoms with Gasteiger partial charge in [-0.25, -0.2) is 15.0 Å². The van der Waals surface area contributed by atoms with Gasteiger partial charge in [0.25, 0.3) is 0 Å². The molecule has 0 unspecified atom stereocenters. The van der Waals surface area contributed by atoms with E-state index in [0.29, 0.717) is 23.7 Å². The Morgan fingerprint density at radius 3 is 2.21 bits per heavy atom. The highest BCUT2D eigenvalue weighted by Gasteiger charge is 2.18. The fourth-order valence-corrected chi connectivity index (χ4v) is 2.71. The number of nitrogen functional groups attached to an aromatic ring is 2. The van der Waals surface area contributed by atoms with E-state index in [1.165, 1.54) is 6.20 Å². The van der Waals surface area contributed by atoms with Crippen molar-refractivity contribution in [2.24, 2.45) is 0 Å². The molecule has 0 aliphatic carbocycles. The lowest BCUT2D eigenvalue weighted by Gasteiger charge is -2.31. The number of hydrogen-bond acceptors (Lipinski definition) is 10. The van der Waals surface area contributed by atoms with E-state index in [9.17, 15) is 0 Å². The lowest BCUT2D eigenvalue weighted by molar-refractivity contribution is 0.0410. The number of nitrogens with zero attached hydrogens (tertiary/aromatic N) is 5. The summed E-state index contributed by atoms with van der Waals surface area (Å²) in [5.41, 5.74) is 10.8. The van der Waals surface area contributed by atoms with E-state index in [1.54, 1.807) is 18.3 Å². The van der Waals surface area contributed by atoms with Gasteiger partial charge in [0.2, 0.25) is 11.2 Å². The van der Waals surface area contributed by atoms with E-state index in [-0.39, 0.29) is 11.4 Å². The second-order valence-corrected chi connectivity index (χ2v) is 6.88.